The second kappa shape index (κ2) is 4.58. The van der Waals surface area contributed by atoms with E-state index >= 15 is 0 Å². The molecule has 0 aromatic rings. The van der Waals surface area contributed by atoms with Crippen LogP contribution in [0.4, 0.5) is 0 Å². The Kier molecular flexibility index (Phi) is 3.69. The lowest BCUT2D eigenvalue weighted by molar-refractivity contribution is -0.149. The molecule has 0 radical (unpaired) electrons. The molecule has 4 nitrogen and oxygen atoms in total. The zero-order chi connectivity index (χ0) is 9.84. The highest BCUT2D eigenvalue weighted by Crippen LogP contribution is 2.12. The molecule has 1 aliphatic heterocycles. The van der Waals surface area contributed by atoms with Gasteiger partial charge in [0, 0.05) is 20.0 Å². The molecular formula is C9H18N2O2. The van der Waals surface area contributed by atoms with E-state index in [4.69, 9.17) is 4.74 Å². The third-order valence-corrected chi connectivity index (χ3v) is 2.44. The molecule has 1 heterocycles. The first-order chi connectivity index (χ1) is 6.13. The molecular weight excluding hydrogens is 168 g/mol. The third-order valence-electron chi connectivity index (χ3n) is 2.44. The summed E-state index contributed by atoms with van der Waals surface area (Å²) in [6.07, 6.45) is 0.959. The standard InChI is InChI=1S/C9H18N2O2/c1-7(12)13-9-4-5-11(3)6-8(9)10-2/h8-10H,4-6H2,1-3H3. The molecule has 0 aromatic heterocycles. The normalized spacial score (nSPS) is 30.1. The van der Waals surface area contributed by atoms with Crippen LogP contribution in [-0.4, -0.2) is 50.2 Å². The van der Waals surface area contributed by atoms with Crippen LogP contribution in [0.15, 0.2) is 0 Å². The molecule has 0 amide bonds. The second-order valence-electron chi connectivity index (χ2n) is 3.59. The quantitative estimate of drug-likeness (QED) is 0.609. The van der Waals surface area contributed by atoms with Crippen molar-refractivity contribution in [1.29, 1.82) is 0 Å². The van der Waals surface area contributed by atoms with Crippen LogP contribution in [0.3, 0.4) is 0 Å². The Morgan fingerprint density at radius 3 is 2.85 bits per heavy atom. The molecule has 1 aliphatic rings. The zero-order valence-corrected chi connectivity index (χ0v) is 8.54. The molecule has 0 aliphatic carbocycles. The summed E-state index contributed by atoms with van der Waals surface area (Å²) < 4.78 is 5.21. The van der Waals surface area contributed by atoms with Crippen LogP contribution < -0.4 is 5.32 Å². The van der Waals surface area contributed by atoms with E-state index in [1.807, 2.05) is 7.05 Å². The number of carbonyl (C=O) groups excluding carboxylic acids is 1. The average molecular weight is 186 g/mol. The summed E-state index contributed by atoms with van der Waals surface area (Å²) in [5, 5.41) is 3.17. The summed E-state index contributed by atoms with van der Waals surface area (Å²) in [4.78, 5) is 13.0. The van der Waals surface area contributed by atoms with Gasteiger partial charge in [0.25, 0.3) is 0 Å². The average Bonchev–Trinajstić information content (AvgIpc) is 2.07. The van der Waals surface area contributed by atoms with E-state index < -0.39 is 0 Å². The predicted octanol–water partition coefficient (Wildman–Crippen LogP) is -0.158. The largest absolute Gasteiger partial charge is 0.461 e. The van der Waals surface area contributed by atoms with Crippen molar-refractivity contribution >= 4 is 5.97 Å². The molecule has 0 saturated carbocycles. The van der Waals surface area contributed by atoms with Gasteiger partial charge in [-0.05, 0) is 20.5 Å². The van der Waals surface area contributed by atoms with Crippen LogP contribution in [0, 0.1) is 0 Å². The SMILES string of the molecule is CNC1CN(C)CCC1OC(C)=O. The fourth-order valence-electron chi connectivity index (χ4n) is 1.72. The van der Waals surface area contributed by atoms with Crippen LogP contribution in [-0.2, 0) is 9.53 Å². The van der Waals surface area contributed by atoms with Crippen molar-refractivity contribution in [2.45, 2.75) is 25.5 Å². The molecule has 0 bridgehead atoms. The maximum absolute atomic E-state index is 10.8. The number of esters is 1. The summed E-state index contributed by atoms with van der Waals surface area (Å²) in [5.41, 5.74) is 0. The van der Waals surface area contributed by atoms with Crippen molar-refractivity contribution in [2.75, 3.05) is 27.2 Å². The van der Waals surface area contributed by atoms with Gasteiger partial charge in [0.05, 0.1) is 6.04 Å². The first-order valence-electron chi connectivity index (χ1n) is 4.66. The number of nitrogens with one attached hydrogen (secondary N) is 1. The van der Waals surface area contributed by atoms with E-state index in [-0.39, 0.29) is 18.1 Å². The minimum Gasteiger partial charge on any atom is -0.461 e. The number of rotatable bonds is 2. The van der Waals surface area contributed by atoms with Gasteiger partial charge in [-0.15, -0.1) is 0 Å². The van der Waals surface area contributed by atoms with Gasteiger partial charge in [-0.25, -0.2) is 0 Å². The Morgan fingerprint density at radius 2 is 2.31 bits per heavy atom. The van der Waals surface area contributed by atoms with Gasteiger partial charge in [0.2, 0.25) is 0 Å². The fraction of sp³-hybridized carbons (Fsp3) is 0.889. The Balaban J connectivity index is 2.47. The van der Waals surface area contributed by atoms with Gasteiger partial charge in [-0.3, -0.25) is 4.79 Å². The van der Waals surface area contributed by atoms with Crippen molar-refractivity contribution in [3.05, 3.63) is 0 Å². The fourth-order valence-corrected chi connectivity index (χ4v) is 1.72. The van der Waals surface area contributed by atoms with Crippen LogP contribution in [0.2, 0.25) is 0 Å². The Hall–Kier alpha value is -0.610. The molecule has 1 fully saturated rings. The number of hydrogen-bond acceptors (Lipinski definition) is 4. The molecule has 13 heavy (non-hydrogen) atoms. The molecule has 1 rings (SSSR count). The first kappa shape index (κ1) is 10.5. The van der Waals surface area contributed by atoms with Gasteiger partial charge in [0.1, 0.15) is 6.10 Å². The monoisotopic (exact) mass is 186 g/mol. The predicted molar refractivity (Wildman–Crippen MR) is 50.5 cm³/mol. The summed E-state index contributed by atoms with van der Waals surface area (Å²) in [5.74, 6) is -0.185. The topological polar surface area (TPSA) is 41.6 Å². The Morgan fingerprint density at radius 1 is 1.62 bits per heavy atom. The molecule has 0 aromatic carbocycles. The molecule has 2 unspecified atom stereocenters. The van der Waals surface area contributed by atoms with Crippen molar-refractivity contribution in [2.24, 2.45) is 0 Å². The van der Waals surface area contributed by atoms with E-state index in [0.717, 1.165) is 19.5 Å². The summed E-state index contributed by atoms with van der Waals surface area (Å²) in [7, 11) is 3.98. The number of likely N-dealkylation sites (tertiary alicyclic amines) is 1. The summed E-state index contributed by atoms with van der Waals surface area (Å²) in [6, 6.07) is 0.266. The third kappa shape index (κ3) is 2.97. The van der Waals surface area contributed by atoms with Crippen molar-refractivity contribution in [3.8, 4) is 0 Å². The summed E-state index contributed by atoms with van der Waals surface area (Å²) >= 11 is 0. The lowest BCUT2D eigenvalue weighted by atomic mass is 10.0. The lowest BCUT2D eigenvalue weighted by Gasteiger charge is -2.35. The highest BCUT2D eigenvalue weighted by molar-refractivity contribution is 5.66. The minimum absolute atomic E-state index is 0.0405. The number of likely N-dealkylation sites (N-methyl/N-ethyl adjacent to an activating group) is 2. The highest BCUT2D eigenvalue weighted by atomic mass is 16.5. The van der Waals surface area contributed by atoms with Crippen molar-refractivity contribution < 1.29 is 9.53 Å². The van der Waals surface area contributed by atoms with Crippen molar-refractivity contribution in [1.82, 2.24) is 10.2 Å². The first-order valence-corrected chi connectivity index (χ1v) is 4.66. The lowest BCUT2D eigenvalue weighted by Crippen LogP contribution is -2.52. The molecule has 1 saturated heterocycles. The zero-order valence-electron chi connectivity index (χ0n) is 8.54. The van der Waals surface area contributed by atoms with Gasteiger partial charge < -0.3 is 15.0 Å². The number of nitrogens with zero attached hydrogens (tertiary/aromatic N) is 1. The smallest absolute Gasteiger partial charge is 0.302 e. The second-order valence-corrected chi connectivity index (χ2v) is 3.59. The van der Waals surface area contributed by atoms with E-state index in [2.05, 4.69) is 17.3 Å². The molecule has 76 valence electrons. The molecule has 1 N–H and O–H groups in total. The number of carbonyl (C=O) groups is 1. The summed E-state index contributed by atoms with van der Waals surface area (Å²) in [6.45, 7) is 3.40. The van der Waals surface area contributed by atoms with Gasteiger partial charge in [-0.2, -0.15) is 0 Å². The van der Waals surface area contributed by atoms with Gasteiger partial charge in [-0.1, -0.05) is 0 Å². The minimum atomic E-state index is -0.185. The van der Waals surface area contributed by atoms with E-state index in [1.54, 1.807) is 0 Å². The highest BCUT2D eigenvalue weighted by Gasteiger charge is 2.28. The van der Waals surface area contributed by atoms with Crippen LogP contribution in [0.5, 0.6) is 0 Å². The van der Waals surface area contributed by atoms with Crippen LogP contribution >= 0.6 is 0 Å². The van der Waals surface area contributed by atoms with Gasteiger partial charge in [0.15, 0.2) is 0 Å². The Labute approximate surface area is 79.2 Å². The van der Waals surface area contributed by atoms with Crippen molar-refractivity contribution in [3.63, 3.8) is 0 Å². The molecule has 4 heteroatoms. The van der Waals surface area contributed by atoms with E-state index in [1.165, 1.54) is 6.92 Å². The number of piperidine rings is 1. The Bertz CT molecular complexity index is 184. The maximum atomic E-state index is 10.8. The van der Waals surface area contributed by atoms with E-state index in [0.29, 0.717) is 0 Å². The van der Waals surface area contributed by atoms with Crippen LogP contribution in [0.1, 0.15) is 13.3 Å². The maximum Gasteiger partial charge on any atom is 0.302 e. The number of ether oxygens (including phenoxy) is 1. The van der Waals surface area contributed by atoms with Crippen LogP contribution in [0.25, 0.3) is 0 Å². The number of hydrogen-bond donors (Lipinski definition) is 1. The molecule has 2 atom stereocenters. The van der Waals surface area contributed by atoms with E-state index in [9.17, 15) is 4.79 Å². The molecule has 0 spiro atoms. The van der Waals surface area contributed by atoms with Gasteiger partial charge >= 0.3 is 5.97 Å².